The van der Waals surface area contributed by atoms with E-state index >= 15 is 0 Å². The molecule has 1 aromatic heterocycles. The number of rotatable bonds is 4. The minimum Gasteiger partial charge on any atom is -0.450 e. The summed E-state index contributed by atoms with van der Waals surface area (Å²) in [5.74, 6) is 0.189. The summed E-state index contributed by atoms with van der Waals surface area (Å²) < 4.78 is 31.7. The second kappa shape index (κ2) is 5.82. The normalized spacial score (nSPS) is 11.7. The first kappa shape index (κ1) is 16.1. The topological polar surface area (TPSA) is 70.8 Å². The number of aliphatic hydroxyl groups excluding tert-OH is 1. The predicted octanol–water partition coefficient (Wildman–Crippen LogP) is 2.98. The third-order valence-corrected chi connectivity index (χ3v) is 5.71. The lowest BCUT2D eigenvalue weighted by Gasteiger charge is -2.19. The molecule has 2 rings (SSSR count). The molecule has 0 aliphatic rings. The van der Waals surface area contributed by atoms with E-state index in [9.17, 15) is 8.42 Å². The molecule has 2 aromatic rings. The average Bonchev–Trinajstić information content (AvgIpc) is 2.78. The molecule has 0 fully saturated rings. The van der Waals surface area contributed by atoms with Crippen molar-refractivity contribution in [2.45, 2.75) is 25.3 Å². The number of hydrogen-bond acceptors (Lipinski definition) is 4. The summed E-state index contributed by atoms with van der Waals surface area (Å²) in [6.07, 6.45) is 0. The Balaban J connectivity index is 2.49. The van der Waals surface area contributed by atoms with Crippen LogP contribution in [0.2, 0.25) is 0 Å². The molecule has 0 spiro atoms. The highest BCUT2D eigenvalue weighted by Gasteiger charge is 2.27. The number of anilines is 1. The molecule has 21 heavy (non-hydrogen) atoms. The summed E-state index contributed by atoms with van der Waals surface area (Å²) in [5.41, 5.74) is 2.54. The maximum Gasteiger partial charge on any atom is 0.268 e. The van der Waals surface area contributed by atoms with Crippen LogP contribution in [0.3, 0.4) is 0 Å². The SMILES string of the molecule is Cc1cc(C)cc(N(C)S(=O)(=O)c2cc(CO)oc2Br)c1. The summed E-state index contributed by atoms with van der Waals surface area (Å²) in [4.78, 5) is -0.00629. The molecule has 0 unspecified atom stereocenters. The van der Waals surface area contributed by atoms with Crippen molar-refractivity contribution < 1.29 is 17.9 Å². The van der Waals surface area contributed by atoms with Gasteiger partial charge in [0.25, 0.3) is 10.0 Å². The molecule has 0 amide bonds. The first-order valence-corrected chi connectivity index (χ1v) is 8.45. The van der Waals surface area contributed by atoms with Crippen molar-refractivity contribution in [3.8, 4) is 0 Å². The Kier molecular flexibility index (Phi) is 4.46. The van der Waals surface area contributed by atoms with Gasteiger partial charge in [-0.2, -0.15) is 0 Å². The molecule has 114 valence electrons. The molecular weight excluding hydrogens is 358 g/mol. The summed E-state index contributed by atoms with van der Waals surface area (Å²) in [5, 5.41) is 9.05. The molecule has 0 aliphatic carbocycles. The Morgan fingerprint density at radius 3 is 2.24 bits per heavy atom. The molecule has 0 bridgehead atoms. The maximum atomic E-state index is 12.7. The molecule has 0 saturated heterocycles. The van der Waals surface area contributed by atoms with E-state index in [1.807, 2.05) is 19.9 Å². The molecule has 0 radical (unpaired) electrons. The first-order valence-electron chi connectivity index (χ1n) is 6.22. The van der Waals surface area contributed by atoms with Crippen molar-refractivity contribution in [2.75, 3.05) is 11.4 Å². The lowest BCUT2D eigenvalue weighted by molar-refractivity contribution is 0.245. The van der Waals surface area contributed by atoms with E-state index in [4.69, 9.17) is 9.52 Å². The van der Waals surface area contributed by atoms with Crippen LogP contribution in [0.1, 0.15) is 16.9 Å². The molecule has 1 heterocycles. The number of benzene rings is 1. The Morgan fingerprint density at radius 1 is 1.19 bits per heavy atom. The van der Waals surface area contributed by atoms with Gasteiger partial charge in [-0.25, -0.2) is 8.42 Å². The first-order chi connectivity index (χ1) is 9.75. The number of hydrogen-bond donors (Lipinski definition) is 1. The zero-order valence-corrected chi connectivity index (χ0v) is 14.3. The summed E-state index contributed by atoms with van der Waals surface area (Å²) in [7, 11) is -2.28. The maximum absolute atomic E-state index is 12.7. The Labute approximate surface area is 132 Å². The summed E-state index contributed by atoms with van der Waals surface area (Å²) >= 11 is 3.08. The van der Waals surface area contributed by atoms with Crippen LogP contribution < -0.4 is 4.31 Å². The fourth-order valence-corrected chi connectivity index (χ4v) is 4.21. The largest absolute Gasteiger partial charge is 0.450 e. The van der Waals surface area contributed by atoms with Gasteiger partial charge in [0.05, 0.1) is 5.69 Å². The Morgan fingerprint density at radius 2 is 1.76 bits per heavy atom. The van der Waals surface area contributed by atoms with Gasteiger partial charge in [-0.15, -0.1) is 0 Å². The summed E-state index contributed by atoms with van der Waals surface area (Å²) in [6, 6.07) is 6.89. The third kappa shape index (κ3) is 3.14. The van der Waals surface area contributed by atoms with Gasteiger partial charge in [0, 0.05) is 13.1 Å². The van der Waals surface area contributed by atoms with E-state index in [1.54, 1.807) is 12.1 Å². The summed E-state index contributed by atoms with van der Waals surface area (Å²) in [6.45, 7) is 3.46. The van der Waals surface area contributed by atoms with E-state index in [1.165, 1.54) is 17.4 Å². The minimum atomic E-state index is -3.76. The van der Waals surface area contributed by atoms with Gasteiger partial charge in [-0.1, -0.05) is 6.07 Å². The van der Waals surface area contributed by atoms with E-state index in [2.05, 4.69) is 15.9 Å². The smallest absolute Gasteiger partial charge is 0.268 e. The average molecular weight is 374 g/mol. The molecule has 0 atom stereocenters. The Bertz CT molecular complexity index is 747. The molecule has 1 N–H and O–H groups in total. The molecule has 0 saturated carbocycles. The van der Waals surface area contributed by atoms with Crippen molar-refractivity contribution in [3.05, 3.63) is 45.8 Å². The minimum absolute atomic E-state index is 0.00629. The molecule has 1 aromatic carbocycles. The number of aliphatic hydroxyl groups is 1. The van der Waals surface area contributed by atoms with Crippen molar-refractivity contribution in [2.24, 2.45) is 0 Å². The van der Waals surface area contributed by atoms with E-state index < -0.39 is 10.0 Å². The quantitative estimate of drug-likeness (QED) is 0.893. The lowest BCUT2D eigenvalue weighted by atomic mass is 10.1. The van der Waals surface area contributed by atoms with Gasteiger partial charge in [0.1, 0.15) is 17.3 Å². The van der Waals surface area contributed by atoms with E-state index in [0.29, 0.717) is 5.69 Å². The van der Waals surface area contributed by atoms with Crippen LogP contribution in [0, 0.1) is 13.8 Å². The number of nitrogens with zero attached hydrogens (tertiary/aromatic N) is 1. The lowest BCUT2D eigenvalue weighted by Crippen LogP contribution is -2.26. The van der Waals surface area contributed by atoms with Crippen LogP contribution in [-0.4, -0.2) is 20.6 Å². The van der Waals surface area contributed by atoms with Crippen LogP contribution in [-0.2, 0) is 16.6 Å². The third-order valence-electron chi connectivity index (χ3n) is 3.07. The van der Waals surface area contributed by atoms with Gasteiger partial charge in [-0.05, 0) is 53.0 Å². The van der Waals surface area contributed by atoms with Crippen LogP contribution in [0.15, 0.2) is 38.2 Å². The number of halogens is 1. The highest BCUT2D eigenvalue weighted by Crippen LogP contribution is 2.31. The standard InChI is InChI=1S/C14H16BrNO4S/c1-9-4-10(2)6-11(5-9)16(3)21(18,19)13-7-12(8-17)20-14(13)15/h4-7,17H,8H2,1-3H3. The molecule has 7 heteroatoms. The van der Waals surface area contributed by atoms with Crippen molar-refractivity contribution in [1.29, 1.82) is 0 Å². The monoisotopic (exact) mass is 373 g/mol. The second-order valence-corrected chi connectivity index (χ2v) is 7.49. The Hall–Kier alpha value is -1.31. The molecule has 0 aliphatic heterocycles. The zero-order chi connectivity index (χ0) is 15.8. The van der Waals surface area contributed by atoms with Crippen LogP contribution in [0.25, 0.3) is 0 Å². The fourth-order valence-electron chi connectivity index (χ4n) is 2.07. The highest BCUT2D eigenvalue weighted by atomic mass is 79.9. The van der Waals surface area contributed by atoms with Gasteiger partial charge in [0.2, 0.25) is 0 Å². The van der Waals surface area contributed by atoms with Crippen molar-refractivity contribution in [1.82, 2.24) is 0 Å². The van der Waals surface area contributed by atoms with Gasteiger partial charge >= 0.3 is 0 Å². The zero-order valence-electron chi connectivity index (χ0n) is 11.9. The number of aryl methyl sites for hydroxylation is 2. The van der Waals surface area contributed by atoms with Gasteiger partial charge < -0.3 is 9.52 Å². The highest BCUT2D eigenvalue weighted by molar-refractivity contribution is 9.10. The number of sulfonamides is 1. The van der Waals surface area contributed by atoms with Crippen LogP contribution in [0.5, 0.6) is 0 Å². The van der Waals surface area contributed by atoms with Crippen LogP contribution in [0.4, 0.5) is 5.69 Å². The van der Waals surface area contributed by atoms with Gasteiger partial charge in [0.15, 0.2) is 4.67 Å². The van der Waals surface area contributed by atoms with Gasteiger partial charge in [-0.3, -0.25) is 4.31 Å². The molecule has 5 nitrogen and oxygen atoms in total. The number of furan rings is 1. The second-order valence-electron chi connectivity index (χ2n) is 4.83. The van der Waals surface area contributed by atoms with Crippen molar-refractivity contribution in [3.63, 3.8) is 0 Å². The van der Waals surface area contributed by atoms with Crippen molar-refractivity contribution >= 4 is 31.6 Å². The van der Waals surface area contributed by atoms with Crippen LogP contribution >= 0.6 is 15.9 Å². The fraction of sp³-hybridized carbons (Fsp3) is 0.286. The molecular formula is C14H16BrNO4S. The van der Waals surface area contributed by atoms with E-state index in [0.717, 1.165) is 11.1 Å². The van der Waals surface area contributed by atoms with E-state index in [-0.39, 0.29) is 21.9 Å². The predicted molar refractivity (Wildman–Crippen MR) is 83.8 cm³/mol.